The minimum atomic E-state index is -0.0950. The third-order valence-electron chi connectivity index (χ3n) is 4.34. The molecule has 1 N–H and O–H groups in total. The van der Waals surface area contributed by atoms with Crippen molar-refractivity contribution in [1.82, 2.24) is 14.5 Å². The van der Waals surface area contributed by atoms with Crippen molar-refractivity contribution >= 4 is 28.4 Å². The van der Waals surface area contributed by atoms with Crippen LogP contribution in [0.5, 0.6) is 0 Å². The minimum absolute atomic E-state index is 0.0950. The summed E-state index contributed by atoms with van der Waals surface area (Å²) in [5.74, 6) is 1.33. The highest BCUT2D eigenvalue weighted by molar-refractivity contribution is 5.91. The topological polar surface area (TPSA) is 63.1 Å². The van der Waals surface area contributed by atoms with Crippen molar-refractivity contribution in [3.63, 3.8) is 0 Å². The third kappa shape index (κ3) is 2.95. The Labute approximate surface area is 140 Å². The number of amides is 1. The van der Waals surface area contributed by atoms with Crippen LogP contribution >= 0.6 is 0 Å². The predicted octanol–water partition coefficient (Wildman–Crippen LogP) is 2.67. The second kappa shape index (κ2) is 6.31. The zero-order chi connectivity index (χ0) is 16.4. The number of fused-ring (bicyclic) bond motifs is 1. The first kappa shape index (κ1) is 14.7. The standard InChI is InChI=1S/C18H19N5O/c24-18(12-23-10-7-14-5-1-2-6-15(14)23)21-16-11-17(20-13-19-16)22-8-3-4-9-22/h1-2,5-7,10-11,13H,3-4,8-9,12H2,(H,19,20,21,24). The molecule has 1 fully saturated rings. The average molecular weight is 321 g/mol. The minimum Gasteiger partial charge on any atom is -0.356 e. The fourth-order valence-electron chi connectivity index (χ4n) is 3.15. The molecule has 0 bridgehead atoms. The van der Waals surface area contributed by atoms with E-state index in [1.54, 1.807) is 0 Å². The molecule has 3 aromatic rings. The van der Waals surface area contributed by atoms with E-state index in [0.717, 1.165) is 29.8 Å². The molecular weight excluding hydrogens is 302 g/mol. The van der Waals surface area contributed by atoms with Gasteiger partial charge in [-0.15, -0.1) is 0 Å². The van der Waals surface area contributed by atoms with Crippen molar-refractivity contribution in [1.29, 1.82) is 0 Å². The van der Waals surface area contributed by atoms with Gasteiger partial charge in [-0.3, -0.25) is 4.79 Å². The molecule has 1 aliphatic heterocycles. The molecule has 1 amide bonds. The van der Waals surface area contributed by atoms with Crippen LogP contribution < -0.4 is 10.2 Å². The molecule has 0 radical (unpaired) electrons. The van der Waals surface area contributed by atoms with Crippen molar-refractivity contribution in [2.45, 2.75) is 19.4 Å². The number of hydrogen-bond donors (Lipinski definition) is 1. The van der Waals surface area contributed by atoms with Gasteiger partial charge in [-0.2, -0.15) is 0 Å². The van der Waals surface area contributed by atoms with Gasteiger partial charge < -0.3 is 14.8 Å². The van der Waals surface area contributed by atoms with Crippen molar-refractivity contribution in [3.05, 3.63) is 48.9 Å². The number of nitrogens with one attached hydrogen (secondary N) is 1. The maximum Gasteiger partial charge on any atom is 0.245 e. The molecule has 0 aliphatic carbocycles. The van der Waals surface area contributed by atoms with Crippen LogP contribution in [0.15, 0.2) is 48.9 Å². The van der Waals surface area contributed by atoms with Crippen molar-refractivity contribution < 1.29 is 4.79 Å². The second-order valence-corrected chi connectivity index (χ2v) is 6.01. The number of rotatable bonds is 4. The SMILES string of the molecule is O=C(Cn1ccc2ccccc21)Nc1cc(N2CCCC2)ncn1. The molecule has 6 heteroatoms. The average Bonchev–Trinajstić information content (AvgIpc) is 3.26. The molecule has 6 nitrogen and oxygen atoms in total. The summed E-state index contributed by atoms with van der Waals surface area (Å²) in [7, 11) is 0. The normalized spacial score (nSPS) is 14.2. The number of anilines is 2. The summed E-state index contributed by atoms with van der Waals surface area (Å²) in [4.78, 5) is 23.0. The Hall–Kier alpha value is -2.89. The Kier molecular flexibility index (Phi) is 3.86. The highest BCUT2D eigenvalue weighted by atomic mass is 16.2. The van der Waals surface area contributed by atoms with Crippen LogP contribution in [0.1, 0.15) is 12.8 Å². The molecular formula is C18H19N5O. The number of hydrogen-bond acceptors (Lipinski definition) is 4. The molecule has 3 heterocycles. The molecule has 122 valence electrons. The molecule has 0 atom stereocenters. The van der Waals surface area contributed by atoms with Crippen LogP contribution in [-0.4, -0.2) is 33.5 Å². The van der Waals surface area contributed by atoms with Crippen LogP contribution in [0, 0.1) is 0 Å². The maximum atomic E-state index is 12.4. The lowest BCUT2D eigenvalue weighted by Gasteiger charge is -2.16. The van der Waals surface area contributed by atoms with Crippen molar-refractivity contribution in [3.8, 4) is 0 Å². The smallest absolute Gasteiger partial charge is 0.245 e. The fraction of sp³-hybridized carbons (Fsp3) is 0.278. The lowest BCUT2D eigenvalue weighted by molar-refractivity contribution is -0.116. The van der Waals surface area contributed by atoms with E-state index in [4.69, 9.17) is 0 Å². The zero-order valence-electron chi connectivity index (χ0n) is 13.4. The summed E-state index contributed by atoms with van der Waals surface area (Å²) < 4.78 is 1.94. The largest absolute Gasteiger partial charge is 0.356 e. The fourth-order valence-corrected chi connectivity index (χ4v) is 3.15. The molecule has 2 aromatic heterocycles. The van der Waals surface area contributed by atoms with E-state index >= 15 is 0 Å². The first-order valence-electron chi connectivity index (χ1n) is 8.20. The summed E-state index contributed by atoms with van der Waals surface area (Å²) in [6.07, 6.45) is 5.81. The molecule has 4 rings (SSSR count). The van der Waals surface area contributed by atoms with E-state index in [2.05, 4.69) is 20.2 Å². The number of para-hydroxylation sites is 1. The Balaban J connectivity index is 1.47. The summed E-state index contributed by atoms with van der Waals surface area (Å²) in [5.41, 5.74) is 1.05. The van der Waals surface area contributed by atoms with Crippen molar-refractivity contribution in [2.24, 2.45) is 0 Å². The van der Waals surface area contributed by atoms with E-state index in [9.17, 15) is 4.79 Å². The first-order valence-corrected chi connectivity index (χ1v) is 8.20. The van der Waals surface area contributed by atoms with Gasteiger partial charge in [-0.05, 0) is 30.4 Å². The number of carbonyl (C=O) groups excluding carboxylic acids is 1. The highest BCUT2D eigenvalue weighted by Gasteiger charge is 2.15. The van der Waals surface area contributed by atoms with Crippen LogP contribution in [0.3, 0.4) is 0 Å². The summed E-state index contributed by atoms with van der Waals surface area (Å²) >= 11 is 0. The number of carbonyl (C=O) groups is 1. The van der Waals surface area contributed by atoms with Gasteiger partial charge in [0.2, 0.25) is 5.91 Å². The van der Waals surface area contributed by atoms with E-state index in [1.165, 1.54) is 19.2 Å². The predicted molar refractivity (Wildman–Crippen MR) is 94.0 cm³/mol. The van der Waals surface area contributed by atoms with Crippen LogP contribution in [0.25, 0.3) is 10.9 Å². The lowest BCUT2D eigenvalue weighted by Crippen LogP contribution is -2.21. The van der Waals surface area contributed by atoms with Crippen LogP contribution in [0.2, 0.25) is 0 Å². The Morgan fingerprint density at radius 3 is 2.83 bits per heavy atom. The van der Waals surface area contributed by atoms with Gasteiger partial charge in [0, 0.05) is 30.9 Å². The van der Waals surface area contributed by atoms with E-state index in [1.807, 2.05) is 47.2 Å². The van der Waals surface area contributed by atoms with E-state index < -0.39 is 0 Å². The van der Waals surface area contributed by atoms with Gasteiger partial charge in [0.15, 0.2) is 0 Å². The highest BCUT2D eigenvalue weighted by Crippen LogP contribution is 2.19. The van der Waals surface area contributed by atoms with Gasteiger partial charge in [-0.25, -0.2) is 9.97 Å². The first-order chi connectivity index (χ1) is 11.8. The molecule has 1 aliphatic rings. The summed E-state index contributed by atoms with van der Waals surface area (Å²) in [6.45, 7) is 2.29. The van der Waals surface area contributed by atoms with Gasteiger partial charge in [-0.1, -0.05) is 18.2 Å². The molecule has 0 unspecified atom stereocenters. The summed E-state index contributed by atoms with van der Waals surface area (Å²) in [6, 6.07) is 11.9. The Morgan fingerprint density at radius 1 is 1.12 bits per heavy atom. The Morgan fingerprint density at radius 2 is 1.96 bits per heavy atom. The van der Waals surface area contributed by atoms with Gasteiger partial charge in [0.25, 0.3) is 0 Å². The molecule has 0 spiro atoms. The quantitative estimate of drug-likeness (QED) is 0.802. The van der Waals surface area contributed by atoms with Gasteiger partial charge >= 0.3 is 0 Å². The molecule has 1 aromatic carbocycles. The second-order valence-electron chi connectivity index (χ2n) is 6.01. The monoisotopic (exact) mass is 321 g/mol. The van der Waals surface area contributed by atoms with Crippen LogP contribution in [-0.2, 0) is 11.3 Å². The number of nitrogens with zero attached hydrogens (tertiary/aromatic N) is 4. The Bertz CT molecular complexity index is 866. The van der Waals surface area contributed by atoms with Gasteiger partial charge in [0.05, 0.1) is 0 Å². The van der Waals surface area contributed by atoms with E-state index in [0.29, 0.717) is 5.82 Å². The molecule has 0 saturated carbocycles. The molecule has 1 saturated heterocycles. The lowest BCUT2D eigenvalue weighted by atomic mass is 10.2. The van der Waals surface area contributed by atoms with Crippen LogP contribution in [0.4, 0.5) is 11.6 Å². The summed E-state index contributed by atoms with van der Waals surface area (Å²) in [5, 5.41) is 4.00. The number of aromatic nitrogens is 3. The number of benzene rings is 1. The van der Waals surface area contributed by atoms with E-state index in [-0.39, 0.29) is 12.5 Å². The molecule has 24 heavy (non-hydrogen) atoms. The maximum absolute atomic E-state index is 12.4. The third-order valence-corrected chi connectivity index (χ3v) is 4.34. The van der Waals surface area contributed by atoms with Crippen molar-refractivity contribution in [2.75, 3.05) is 23.3 Å². The zero-order valence-corrected chi connectivity index (χ0v) is 13.4. The van der Waals surface area contributed by atoms with Gasteiger partial charge in [0.1, 0.15) is 24.5 Å².